The highest BCUT2D eigenvalue weighted by Crippen LogP contribution is 2.29. The van der Waals surface area contributed by atoms with Crippen LogP contribution in [0.2, 0.25) is 0 Å². The molecule has 1 N–H and O–H groups in total. The monoisotopic (exact) mass is 310 g/mol. The van der Waals surface area contributed by atoms with E-state index in [2.05, 4.69) is 11.1 Å². The lowest BCUT2D eigenvalue weighted by molar-refractivity contribution is 0.0695. The maximum absolute atomic E-state index is 12.8. The Morgan fingerprint density at radius 1 is 1.17 bits per heavy atom. The van der Waals surface area contributed by atoms with Gasteiger partial charge in [-0.2, -0.15) is 0 Å². The standard InChI is InChI=1S/C18H18N2O3/c1-11-5-8-16-13(10-11)4-3-9-20(16)17(21)15-7-6-14(18(22)23)12(2)19-15/h5-8,10H,3-4,9H2,1-2H3,(H,22,23). The van der Waals surface area contributed by atoms with E-state index in [-0.39, 0.29) is 17.2 Å². The number of aryl methyl sites for hydroxylation is 3. The van der Waals surface area contributed by atoms with Gasteiger partial charge in [-0.05, 0) is 50.5 Å². The maximum Gasteiger partial charge on any atom is 0.337 e. The highest BCUT2D eigenvalue weighted by Gasteiger charge is 2.25. The summed E-state index contributed by atoms with van der Waals surface area (Å²) in [5.41, 5.74) is 4.02. The number of carbonyl (C=O) groups is 2. The Hall–Kier alpha value is -2.69. The molecule has 0 bridgehead atoms. The summed E-state index contributed by atoms with van der Waals surface area (Å²) in [6, 6.07) is 9.01. The van der Waals surface area contributed by atoms with E-state index >= 15 is 0 Å². The summed E-state index contributed by atoms with van der Waals surface area (Å²) in [4.78, 5) is 29.8. The van der Waals surface area contributed by atoms with E-state index in [1.807, 2.05) is 19.1 Å². The first-order chi connectivity index (χ1) is 11.0. The van der Waals surface area contributed by atoms with E-state index in [9.17, 15) is 9.59 Å². The predicted octanol–water partition coefficient (Wildman–Crippen LogP) is 2.99. The molecule has 3 rings (SSSR count). The molecule has 1 aromatic heterocycles. The van der Waals surface area contributed by atoms with Crippen LogP contribution in [0, 0.1) is 13.8 Å². The van der Waals surface area contributed by atoms with E-state index in [4.69, 9.17) is 5.11 Å². The minimum Gasteiger partial charge on any atom is -0.478 e. The SMILES string of the molecule is Cc1ccc2c(c1)CCCN2C(=O)c1ccc(C(=O)O)c(C)n1. The number of carboxylic acids is 1. The molecule has 0 spiro atoms. The molecule has 0 aliphatic carbocycles. The molecule has 2 aromatic rings. The van der Waals surface area contributed by atoms with Crippen molar-refractivity contribution in [1.29, 1.82) is 0 Å². The van der Waals surface area contributed by atoms with E-state index in [0.29, 0.717) is 12.2 Å². The lowest BCUT2D eigenvalue weighted by Crippen LogP contribution is -2.36. The molecule has 118 valence electrons. The van der Waals surface area contributed by atoms with Gasteiger partial charge >= 0.3 is 5.97 Å². The van der Waals surface area contributed by atoms with Crippen molar-refractivity contribution in [3.63, 3.8) is 0 Å². The Bertz CT molecular complexity index is 799. The van der Waals surface area contributed by atoms with Crippen molar-refractivity contribution in [2.24, 2.45) is 0 Å². The number of aromatic carboxylic acids is 1. The van der Waals surface area contributed by atoms with Gasteiger partial charge < -0.3 is 10.0 Å². The Balaban J connectivity index is 1.96. The van der Waals surface area contributed by atoms with E-state index in [0.717, 1.165) is 18.5 Å². The molecule has 0 unspecified atom stereocenters. The quantitative estimate of drug-likeness (QED) is 0.925. The van der Waals surface area contributed by atoms with Crippen molar-refractivity contribution in [3.05, 3.63) is 58.4 Å². The van der Waals surface area contributed by atoms with Crippen LogP contribution in [-0.4, -0.2) is 28.5 Å². The molecule has 0 atom stereocenters. The van der Waals surface area contributed by atoms with Crippen LogP contribution >= 0.6 is 0 Å². The van der Waals surface area contributed by atoms with Crippen molar-refractivity contribution in [2.75, 3.05) is 11.4 Å². The summed E-state index contributed by atoms with van der Waals surface area (Å²) in [7, 11) is 0. The zero-order valence-corrected chi connectivity index (χ0v) is 13.2. The molecular weight excluding hydrogens is 292 g/mol. The highest BCUT2D eigenvalue weighted by atomic mass is 16.4. The van der Waals surface area contributed by atoms with Gasteiger partial charge in [-0.1, -0.05) is 17.7 Å². The van der Waals surface area contributed by atoms with E-state index in [1.165, 1.54) is 23.3 Å². The van der Waals surface area contributed by atoms with Gasteiger partial charge in [0, 0.05) is 12.2 Å². The first-order valence-corrected chi connectivity index (χ1v) is 7.59. The maximum atomic E-state index is 12.8. The number of hydrogen-bond acceptors (Lipinski definition) is 3. The number of carboxylic acid groups (broad SMARTS) is 1. The summed E-state index contributed by atoms with van der Waals surface area (Å²) in [5.74, 6) is -1.22. The smallest absolute Gasteiger partial charge is 0.337 e. The Morgan fingerprint density at radius 3 is 2.65 bits per heavy atom. The van der Waals surface area contributed by atoms with Gasteiger partial charge in [0.1, 0.15) is 5.69 Å². The zero-order valence-electron chi connectivity index (χ0n) is 13.2. The number of aromatic nitrogens is 1. The summed E-state index contributed by atoms with van der Waals surface area (Å²) in [5, 5.41) is 9.06. The van der Waals surface area contributed by atoms with Gasteiger partial charge in [0.05, 0.1) is 11.3 Å². The van der Waals surface area contributed by atoms with E-state index < -0.39 is 5.97 Å². The van der Waals surface area contributed by atoms with Crippen molar-refractivity contribution < 1.29 is 14.7 Å². The van der Waals surface area contributed by atoms with Gasteiger partial charge in [0.25, 0.3) is 5.91 Å². The molecule has 0 saturated heterocycles. The van der Waals surface area contributed by atoms with Gasteiger partial charge in [-0.3, -0.25) is 4.79 Å². The third kappa shape index (κ3) is 2.82. The first-order valence-electron chi connectivity index (χ1n) is 7.59. The molecule has 1 aliphatic rings. The van der Waals surface area contributed by atoms with Crippen LogP contribution in [0.3, 0.4) is 0 Å². The molecule has 0 radical (unpaired) electrons. The van der Waals surface area contributed by atoms with Crippen LogP contribution in [0.4, 0.5) is 5.69 Å². The number of hydrogen-bond donors (Lipinski definition) is 1. The molecule has 23 heavy (non-hydrogen) atoms. The van der Waals surface area contributed by atoms with Gasteiger partial charge in [0.2, 0.25) is 0 Å². The molecule has 0 fully saturated rings. The van der Waals surface area contributed by atoms with Crippen LogP contribution in [0.1, 0.15) is 44.1 Å². The molecule has 1 aliphatic heterocycles. The fourth-order valence-electron chi connectivity index (χ4n) is 2.98. The topological polar surface area (TPSA) is 70.5 Å². The summed E-state index contributed by atoms with van der Waals surface area (Å²) >= 11 is 0. The lowest BCUT2D eigenvalue weighted by Gasteiger charge is -2.29. The molecule has 2 heterocycles. The second kappa shape index (κ2) is 5.83. The van der Waals surface area contributed by atoms with Crippen LogP contribution < -0.4 is 4.90 Å². The van der Waals surface area contributed by atoms with Gasteiger partial charge in [0.15, 0.2) is 0 Å². The second-order valence-corrected chi connectivity index (χ2v) is 5.83. The number of nitrogens with zero attached hydrogens (tertiary/aromatic N) is 2. The van der Waals surface area contributed by atoms with Crippen LogP contribution in [0.5, 0.6) is 0 Å². The number of rotatable bonds is 2. The number of benzene rings is 1. The Morgan fingerprint density at radius 2 is 1.96 bits per heavy atom. The first kappa shape index (κ1) is 15.2. The minimum atomic E-state index is -1.03. The average Bonchev–Trinajstić information content (AvgIpc) is 2.52. The highest BCUT2D eigenvalue weighted by molar-refractivity contribution is 6.06. The van der Waals surface area contributed by atoms with Crippen molar-refractivity contribution in [3.8, 4) is 0 Å². The van der Waals surface area contributed by atoms with Gasteiger partial charge in [-0.15, -0.1) is 0 Å². The molecule has 5 heteroatoms. The van der Waals surface area contributed by atoms with Crippen molar-refractivity contribution >= 4 is 17.6 Å². The summed E-state index contributed by atoms with van der Waals surface area (Å²) in [6.07, 6.45) is 1.87. The van der Waals surface area contributed by atoms with E-state index in [1.54, 1.807) is 11.8 Å². The fourth-order valence-corrected chi connectivity index (χ4v) is 2.98. The molecular formula is C18H18N2O3. The van der Waals surface area contributed by atoms with Crippen molar-refractivity contribution in [2.45, 2.75) is 26.7 Å². The second-order valence-electron chi connectivity index (χ2n) is 5.83. The zero-order chi connectivity index (χ0) is 16.6. The minimum absolute atomic E-state index is 0.121. The lowest BCUT2D eigenvalue weighted by atomic mass is 9.99. The number of pyridine rings is 1. The average molecular weight is 310 g/mol. The van der Waals surface area contributed by atoms with Gasteiger partial charge in [-0.25, -0.2) is 9.78 Å². The molecule has 1 amide bonds. The fraction of sp³-hybridized carbons (Fsp3) is 0.278. The van der Waals surface area contributed by atoms with Crippen LogP contribution in [0.15, 0.2) is 30.3 Å². The third-order valence-corrected chi connectivity index (χ3v) is 4.13. The molecule has 5 nitrogen and oxygen atoms in total. The largest absolute Gasteiger partial charge is 0.478 e. The van der Waals surface area contributed by atoms with Crippen molar-refractivity contribution in [1.82, 2.24) is 4.98 Å². The number of anilines is 1. The normalized spacial score (nSPS) is 13.6. The summed E-state index contributed by atoms with van der Waals surface area (Å²) < 4.78 is 0. The Kier molecular flexibility index (Phi) is 3.86. The number of amides is 1. The Labute approximate surface area is 134 Å². The number of fused-ring (bicyclic) bond motifs is 1. The third-order valence-electron chi connectivity index (χ3n) is 4.13. The molecule has 1 aromatic carbocycles. The number of carbonyl (C=O) groups excluding carboxylic acids is 1. The van der Waals surface area contributed by atoms with Crippen LogP contribution in [0.25, 0.3) is 0 Å². The van der Waals surface area contributed by atoms with Crippen LogP contribution in [-0.2, 0) is 6.42 Å². The summed E-state index contributed by atoms with van der Waals surface area (Å²) in [6.45, 7) is 4.29. The predicted molar refractivity (Wildman–Crippen MR) is 87.1 cm³/mol. The molecule has 0 saturated carbocycles.